The first-order chi connectivity index (χ1) is 16.2. The Morgan fingerprint density at radius 2 is 1.56 bits per heavy atom. The van der Waals surface area contributed by atoms with Crippen molar-refractivity contribution in [2.24, 2.45) is 0 Å². The molecule has 34 heavy (non-hydrogen) atoms. The third-order valence-electron chi connectivity index (χ3n) is 5.08. The number of nitrogens with zero attached hydrogens (tertiary/aromatic N) is 3. The van der Waals surface area contributed by atoms with Gasteiger partial charge < -0.3 is 0 Å². The summed E-state index contributed by atoms with van der Waals surface area (Å²) in [4.78, 5) is 63.0. The number of Topliss-reactive ketones (excluding diaryl/α,β-unsaturated/α-hetero) is 1. The fraction of sp³-hybridized carbons (Fsp3) is 0.0435. The van der Waals surface area contributed by atoms with Crippen molar-refractivity contribution in [3.8, 4) is 0 Å². The van der Waals surface area contributed by atoms with Gasteiger partial charge in [-0.15, -0.1) is 0 Å². The first kappa shape index (κ1) is 23.1. The topological polar surface area (TPSA) is 118 Å². The minimum Gasteiger partial charge on any atom is -0.292 e. The molecule has 0 aromatic heterocycles. The van der Waals surface area contributed by atoms with E-state index in [1.54, 1.807) is 12.1 Å². The summed E-state index contributed by atoms with van der Waals surface area (Å²) in [6.45, 7) is -0.759. The Bertz CT molecular complexity index is 1360. The smallest absolute Gasteiger partial charge is 0.280 e. The number of hydrogen-bond acceptors (Lipinski definition) is 6. The fourth-order valence-corrected chi connectivity index (χ4v) is 3.94. The number of benzene rings is 3. The van der Waals surface area contributed by atoms with Crippen molar-refractivity contribution in [2.75, 3.05) is 6.54 Å². The largest absolute Gasteiger partial charge is 0.292 e. The number of hydrogen-bond donors (Lipinski definition) is 0. The van der Waals surface area contributed by atoms with E-state index in [0.29, 0.717) is 10.0 Å². The summed E-state index contributed by atoms with van der Waals surface area (Å²) in [5.41, 5.74) is -0.379. The second kappa shape index (κ2) is 9.05. The molecule has 1 heterocycles. The van der Waals surface area contributed by atoms with E-state index in [-0.39, 0.29) is 38.0 Å². The lowest BCUT2D eigenvalue weighted by molar-refractivity contribution is -0.384. The van der Waals surface area contributed by atoms with Crippen molar-refractivity contribution in [1.82, 2.24) is 10.0 Å². The maximum atomic E-state index is 13.4. The SMILES string of the molecule is O=C(CN(C(=O)c1ccc(Cl)cc1Cl)N1C(=O)c2ccccc2C1=O)c1cccc([N+](=O)[O-])c1. The van der Waals surface area contributed by atoms with E-state index >= 15 is 0 Å². The first-order valence-corrected chi connectivity index (χ1v) is 10.5. The van der Waals surface area contributed by atoms with Gasteiger partial charge in [-0.05, 0) is 30.3 Å². The second-order valence-electron chi connectivity index (χ2n) is 7.19. The molecule has 3 aromatic carbocycles. The molecule has 0 spiro atoms. The van der Waals surface area contributed by atoms with Crippen LogP contribution in [0.3, 0.4) is 0 Å². The van der Waals surface area contributed by atoms with E-state index in [4.69, 9.17) is 23.2 Å². The third-order valence-corrected chi connectivity index (χ3v) is 5.63. The standard InChI is InChI=1S/C23H13Cl2N3O6/c24-14-8-9-18(19(25)11-14)21(30)26(12-20(29)13-4-3-5-15(10-13)28(33)34)27-22(31)16-6-1-2-7-17(16)23(27)32/h1-11H,12H2. The molecule has 3 amide bonds. The fourth-order valence-electron chi connectivity index (χ4n) is 3.45. The molecule has 9 nitrogen and oxygen atoms in total. The van der Waals surface area contributed by atoms with Crippen LogP contribution in [0.25, 0.3) is 0 Å². The molecule has 11 heteroatoms. The van der Waals surface area contributed by atoms with E-state index in [0.717, 1.165) is 6.07 Å². The zero-order valence-corrected chi connectivity index (χ0v) is 18.6. The van der Waals surface area contributed by atoms with Crippen LogP contribution in [-0.4, -0.2) is 45.0 Å². The number of fused-ring (bicyclic) bond motifs is 1. The average Bonchev–Trinajstić information content (AvgIpc) is 3.07. The summed E-state index contributed by atoms with van der Waals surface area (Å²) < 4.78 is 0. The Labute approximate surface area is 202 Å². The van der Waals surface area contributed by atoms with Crippen LogP contribution >= 0.6 is 23.2 Å². The van der Waals surface area contributed by atoms with Gasteiger partial charge in [0, 0.05) is 22.7 Å². The molecular formula is C23H13Cl2N3O6. The minimum atomic E-state index is -0.907. The Balaban J connectivity index is 1.76. The van der Waals surface area contributed by atoms with Crippen LogP contribution in [0.2, 0.25) is 10.0 Å². The van der Waals surface area contributed by atoms with Crippen molar-refractivity contribution >= 4 is 52.4 Å². The number of carbonyl (C=O) groups excluding carboxylic acids is 4. The van der Waals surface area contributed by atoms with Crippen molar-refractivity contribution in [3.05, 3.63) is 109 Å². The molecule has 0 N–H and O–H groups in total. The summed E-state index contributed by atoms with van der Waals surface area (Å²) >= 11 is 12.1. The summed E-state index contributed by atoms with van der Waals surface area (Å²) in [5.74, 6) is -3.24. The van der Waals surface area contributed by atoms with E-state index < -0.39 is 35.0 Å². The van der Waals surface area contributed by atoms with Crippen LogP contribution in [0.4, 0.5) is 5.69 Å². The van der Waals surface area contributed by atoms with Crippen molar-refractivity contribution < 1.29 is 24.1 Å². The van der Waals surface area contributed by atoms with Gasteiger partial charge in [-0.1, -0.05) is 47.5 Å². The lowest BCUT2D eigenvalue weighted by atomic mass is 10.1. The Kier molecular flexibility index (Phi) is 6.14. The zero-order valence-electron chi connectivity index (χ0n) is 17.1. The highest BCUT2D eigenvalue weighted by atomic mass is 35.5. The van der Waals surface area contributed by atoms with E-state index in [1.807, 2.05) is 0 Å². The molecule has 0 unspecified atom stereocenters. The number of carbonyl (C=O) groups is 4. The molecule has 1 aliphatic heterocycles. The van der Waals surface area contributed by atoms with Crippen LogP contribution in [0, 0.1) is 10.1 Å². The van der Waals surface area contributed by atoms with E-state index in [1.165, 1.54) is 48.5 Å². The molecule has 0 bridgehead atoms. The van der Waals surface area contributed by atoms with E-state index in [9.17, 15) is 29.3 Å². The Hall–Kier alpha value is -4.08. The number of rotatable bonds is 6. The van der Waals surface area contributed by atoms with Crippen molar-refractivity contribution in [3.63, 3.8) is 0 Å². The van der Waals surface area contributed by atoms with Crippen molar-refractivity contribution in [2.45, 2.75) is 0 Å². The van der Waals surface area contributed by atoms with Crippen LogP contribution in [0.1, 0.15) is 41.4 Å². The summed E-state index contributed by atoms with van der Waals surface area (Å²) in [6.07, 6.45) is 0. The molecule has 0 saturated carbocycles. The lowest BCUT2D eigenvalue weighted by Gasteiger charge is -2.29. The van der Waals surface area contributed by atoms with Gasteiger partial charge >= 0.3 is 0 Å². The van der Waals surface area contributed by atoms with Gasteiger partial charge in [0.1, 0.15) is 6.54 Å². The number of imide groups is 1. The Morgan fingerprint density at radius 3 is 2.15 bits per heavy atom. The number of hydrazine groups is 1. The molecular weight excluding hydrogens is 485 g/mol. The molecule has 3 aromatic rings. The highest BCUT2D eigenvalue weighted by Gasteiger charge is 2.42. The van der Waals surface area contributed by atoms with Crippen LogP contribution in [0.5, 0.6) is 0 Å². The summed E-state index contributed by atoms with van der Waals surface area (Å²) in [7, 11) is 0. The summed E-state index contributed by atoms with van der Waals surface area (Å²) in [5, 5.41) is 12.5. The van der Waals surface area contributed by atoms with Gasteiger partial charge in [0.25, 0.3) is 23.4 Å². The second-order valence-corrected chi connectivity index (χ2v) is 8.03. The third kappa shape index (κ3) is 4.14. The first-order valence-electron chi connectivity index (χ1n) is 9.71. The maximum Gasteiger partial charge on any atom is 0.280 e. The molecule has 4 rings (SSSR count). The van der Waals surface area contributed by atoms with Gasteiger partial charge in [0.2, 0.25) is 0 Å². The normalized spacial score (nSPS) is 12.5. The average molecular weight is 498 g/mol. The Morgan fingerprint density at radius 1 is 0.912 bits per heavy atom. The van der Waals surface area contributed by atoms with Gasteiger partial charge in [-0.3, -0.25) is 29.3 Å². The molecule has 0 aliphatic carbocycles. The summed E-state index contributed by atoms with van der Waals surface area (Å²) in [6, 6.07) is 14.9. The number of nitro groups is 1. The molecule has 0 fully saturated rings. The predicted octanol–water partition coefficient (Wildman–Crippen LogP) is 4.44. The van der Waals surface area contributed by atoms with Crippen LogP contribution in [-0.2, 0) is 0 Å². The molecule has 0 saturated heterocycles. The van der Waals surface area contributed by atoms with Crippen LogP contribution < -0.4 is 0 Å². The monoisotopic (exact) mass is 497 g/mol. The maximum absolute atomic E-state index is 13.4. The molecule has 0 atom stereocenters. The predicted molar refractivity (Wildman–Crippen MR) is 122 cm³/mol. The quantitative estimate of drug-likeness (QED) is 0.215. The van der Waals surface area contributed by atoms with E-state index in [2.05, 4.69) is 0 Å². The van der Waals surface area contributed by atoms with Gasteiger partial charge in [-0.2, -0.15) is 5.01 Å². The number of halogens is 2. The zero-order chi connectivity index (χ0) is 24.6. The van der Waals surface area contributed by atoms with Crippen molar-refractivity contribution in [1.29, 1.82) is 0 Å². The highest BCUT2D eigenvalue weighted by molar-refractivity contribution is 6.37. The van der Waals surface area contributed by atoms with Gasteiger partial charge in [-0.25, -0.2) is 5.01 Å². The molecule has 170 valence electrons. The lowest BCUT2D eigenvalue weighted by Crippen LogP contribution is -2.51. The molecule has 0 radical (unpaired) electrons. The van der Waals surface area contributed by atoms with Crippen LogP contribution in [0.15, 0.2) is 66.7 Å². The number of amides is 3. The number of ketones is 1. The number of nitro benzene ring substituents is 1. The number of non-ortho nitro benzene ring substituents is 1. The van der Waals surface area contributed by atoms with Gasteiger partial charge in [0.05, 0.1) is 26.6 Å². The van der Waals surface area contributed by atoms with Gasteiger partial charge in [0.15, 0.2) is 5.78 Å². The molecule has 1 aliphatic rings. The minimum absolute atomic E-state index is 0.0538. The highest BCUT2D eigenvalue weighted by Crippen LogP contribution is 2.28.